The van der Waals surface area contributed by atoms with Crippen LogP contribution in [0.4, 0.5) is 0 Å². The molecule has 0 aliphatic rings. The van der Waals surface area contributed by atoms with Crippen LogP contribution in [-0.2, 0) is 6.42 Å². The van der Waals surface area contributed by atoms with Crippen LogP contribution in [0.5, 0.6) is 0 Å². The van der Waals surface area contributed by atoms with Crippen molar-refractivity contribution in [1.82, 2.24) is 9.38 Å². The van der Waals surface area contributed by atoms with Gasteiger partial charge < -0.3 is 4.40 Å². The summed E-state index contributed by atoms with van der Waals surface area (Å²) in [4.78, 5) is 4.40. The molecule has 0 bridgehead atoms. The van der Waals surface area contributed by atoms with Gasteiger partial charge in [-0.15, -0.1) is 0 Å². The lowest BCUT2D eigenvalue weighted by atomic mass is 10.1. The molecule has 2 aromatic rings. The Kier molecular flexibility index (Phi) is 2.05. The molecule has 2 heteroatoms. The van der Waals surface area contributed by atoms with E-state index < -0.39 is 0 Å². The number of hydrogen-bond donors (Lipinski definition) is 0. The molecule has 0 aliphatic carbocycles. The van der Waals surface area contributed by atoms with Gasteiger partial charge in [0.2, 0.25) is 0 Å². The zero-order valence-corrected chi connectivity index (χ0v) is 8.07. The standard InChI is InChI=1S/C11H14N2/c1-9(2)7-10-11-5-3-4-6-13(11)8-12-10/h3-6,8-9H,7H2,1-2H3. The topological polar surface area (TPSA) is 17.3 Å². The van der Waals surface area contributed by atoms with E-state index in [1.54, 1.807) is 0 Å². The summed E-state index contributed by atoms with van der Waals surface area (Å²) in [5, 5.41) is 0. The third-order valence-corrected chi connectivity index (χ3v) is 2.13. The van der Waals surface area contributed by atoms with Crippen molar-refractivity contribution in [2.75, 3.05) is 0 Å². The van der Waals surface area contributed by atoms with Crippen molar-refractivity contribution < 1.29 is 0 Å². The van der Waals surface area contributed by atoms with Gasteiger partial charge >= 0.3 is 0 Å². The average Bonchev–Trinajstić information content (AvgIpc) is 2.48. The smallest absolute Gasteiger partial charge is 0.0995 e. The first-order valence-corrected chi connectivity index (χ1v) is 4.68. The van der Waals surface area contributed by atoms with Gasteiger partial charge in [0.05, 0.1) is 17.5 Å². The molecule has 2 aromatic heterocycles. The molecule has 2 nitrogen and oxygen atoms in total. The number of hydrogen-bond acceptors (Lipinski definition) is 1. The van der Waals surface area contributed by atoms with E-state index in [-0.39, 0.29) is 0 Å². The zero-order chi connectivity index (χ0) is 9.26. The lowest BCUT2D eigenvalue weighted by molar-refractivity contribution is 0.640. The molecule has 0 N–H and O–H groups in total. The van der Waals surface area contributed by atoms with Gasteiger partial charge in [-0.2, -0.15) is 0 Å². The lowest BCUT2D eigenvalue weighted by Gasteiger charge is -2.01. The van der Waals surface area contributed by atoms with E-state index in [1.165, 1.54) is 11.2 Å². The molecule has 0 spiro atoms. The summed E-state index contributed by atoms with van der Waals surface area (Å²) in [5.74, 6) is 0.666. The van der Waals surface area contributed by atoms with Crippen molar-refractivity contribution in [2.45, 2.75) is 20.3 Å². The largest absolute Gasteiger partial charge is 0.306 e. The number of aromatic nitrogens is 2. The Balaban J connectivity index is 2.46. The summed E-state index contributed by atoms with van der Waals surface area (Å²) in [6.07, 6.45) is 4.97. The van der Waals surface area contributed by atoms with Crippen LogP contribution in [0.15, 0.2) is 30.7 Å². The molecule has 0 atom stereocenters. The molecule has 2 rings (SSSR count). The highest BCUT2D eigenvalue weighted by Gasteiger charge is 2.04. The monoisotopic (exact) mass is 174 g/mol. The molecule has 68 valence electrons. The van der Waals surface area contributed by atoms with Gasteiger partial charge in [-0.1, -0.05) is 19.9 Å². The van der Waals surface area contributed by atoms with Crippen molar-refractivity contribution in [3.8, 4) is 0 Å². The Labute approximate surface area is 78.2 Å². The van der Waals surface area contributed by atoms with Crippen LogP contribution < -0.4 is 0 Å². The van der Waals surface area contributed by atoms with Crippen molar-refractivity contribution >= 4 is 5.52 Å². The second-order valence-corrected chi connectivity index (χ2v) is 3.78. The maximum absolute atomic E-state index is 4.40. The SMILES string of the molecule is CC(C)Cc1ncn2ccccc12. The predicted octanol–water partition coefficient (Wildman–Crippen LogP) is 2.53. The highest BCUT2D eigenvalue weighted by molar-refractivity contribution is 5.51. The van der Waals surface area contributed by atoms with Crippen LogP contribution in [0.25, 0.3) is 5.52 Å². The highest BCUT2D eigenvalue weighted by atomic mass is 15.0. The Morgan fingerprint density at radius 1 is 1.38 bits per heavy atom. The fraction of sp³-hybridized carbons (Fsp3) is 0.364. The molecule has 0 radical (unpaired) electrons. The summed E-state index contributed by atoms with van der Waals surface area (Å²) >= 11 is 0. The average molecular weight is 174 g/mol. The Bertz CT molecular complexity index is 401. The summed E-state index contributed by atoms with van der Waals surface area (Å²) in [5.41, 5.74) is 2.44. The van der Waals surface area contributed by atoms with Gasteiger partial charge in [0, 0.05) is 6.20 Å². The van der Waals surface area contributed by atoms with Gasteiger partial charge in [-0.05, 0) is 24.5 Å². The van der Waals surface area contributed by atoms with E-state index in [0.29, 0.717) is 5.92 Å². The molecule has 0 fully saturated rings. The molecular formula is C11H14N2. The molecule has 0 aromatic carbocycles. The van der Waals surface area contributed by atoms with Gasteiger partial charge in [-0.3, -0.25) is 0 Å². The van der Waals surface area contributed by atoms with Gasteiger partial charge in [0.25, 0.3) is 0 Å². The van der Waals surface area contributed by atoms with Gasteiger partial charge in [0.15, 0.2) is 0 Å². The van der Waals surface area contributed by atoms with E-state index in [0.717, 1.165) is 6.42 Å². The second kappa shape index (κ2) is 3.21. The van der Waals surface area contributed by atoms with E-state index in [4.69, 9.17) is 0 Å². The third-order valence-electron chi connectivity index (χ3n) is 2.13. The first-order valence-electron chi connectivity index (χ1n) is 4.68. The Hall–Kier alpha value is -1.31. The first-order chi connectivity index (χ1) is 6.27. The normalized spacial score (nSPS) is 11.3. The van der Waals surface area contributed by atoms with Crippen LogP contribution in [0, 0.1) is 5.92 Å². The fourth-order valence-corrected chi connectivity index (χ4v) is 1.54. The lowest BCUT2D eigenvalue weighted by Crippen LogP contribution is -1.94. The summed E-state index contributed by atoms with van der Waals surface area (Å²) in [6, 6.07) is 6.19. The highest BCUT2D eigenvalue weighted by Crippen LogP contribution is 2.12. The molecular weight excluding hydrogens is 160 g/mol. The minimum atomic E-state index is 0.666. The molecule has 0 saturated carbocycles. The van der Waals surface area contributed by atoms with E-state index in [2.05, 4.69) is 35.4 Å². The van der Waals surface area contributed by atoms with E-state index >= 15 is 0 Å². The van der Waals surface area contributed by atoms with Crippen LogP contribution in [0.2, 0.25) is 0 Å². The van der Waals surface area contributed by atoms with Gasteiger partial charge in [0.1, 0.15) is 0 Å². The number of rotatable bonds is 2. The maximum Gasteiger partial charge on any atom is 0.0995 e. The fourth-order valence-electron chi connectivity index (χ4n) is 1.54. The van der Waals surface area contributed by atoms with Crippen LogP contribution in [-0.4, -0.2) is 9.38 Å². The zero-order valence-electron chi connectivity index (χ0n) is 8.07. The molecule has 13 heavy (non-hydrogen) atoms. The summed E-state index contributed by atoms with van der Waals surface area (Å²) < 4.78 is 2.07. The summed E-state index contributed by atoms with van der Waals surface area (Å²) in [7, 11) is 0. The Morgan fingerprint density at radius 3 is 3.00 bits per heavy atom. The van der Waals surface area contributed by atoms with Crippen LogP contribution in [0.1, 0.15) is 19.5 Å². The van der Waals surface area contributed by atoms with Crippen LogP contribution in [0.3, 0.4) is 0 Å². The number of nitrogens with zero attached hydrogens (tertiary/aromatic N) is 2. The number of pyridine rings is 1. The van der Waals surface area contributed by atoms with E-state index in [9.17, 15) is 0 Å². The number of fused-ring (bicyclic) bond motifs is 1. The molecule has 0 saturated heterocycles. The van der Waals surface area contributed by atoms with Crippen molar-refractivity contribution in [2.24, 2.45) is 5.92 Å². The first kappa shape index (κ1) is 8.30. The summed E-state index contributed by atoms with van der Waals surface area (Å²) in [6.45, 7) is 4.43. The van der Waals surface area contributed by atoms with Crippen LogP contribution >= 0.6 is 0 Å². The molecule has 0 aliphatic heterocycles. The number of imidazole rings is 1. The molecule has 2 heterocycles. The van der Waals surface area contributed by atoms with E-state index in [1.807, 2.05) is 18.6 Å². The molecule has 0 unspecified atom stereocenters. The van der Waals surface area contributed by atoms with Gasteiger partial charge in [-0.25, -0.2) is 4.98 Å². The van der Waals surface area contributed by atoms with Crippen molar-refractivity contribution in [3.63, 3.8) is 0 Å². The quantitative estimate of drug-likeness (QED) is 0.684. The maximum atomic E-state index is 4.40. The predicted molar refractivity (Wildman–Crippen MR) is 53.7 cm³/mol. The van der Waals surface area contributed by atoms with Crippen molar-refractivity contribution in [3.05, 3.63) is 36.4 Å². The Morgan fingerprint density at radius 2 is 2.23 bits per heavy atom. The minimum absolute atomic E-state index is 0.666. The second-order valence-electron chi connectivity index (χ2n) is 3.78. The molecule has 0 amide bonds. The third kappa shape index (κ3) is 1.57. The van der Waals surface area contributed by atoms with Crippen molar-refractivity contribution in [1.29, 1.82) is 0 Å². The minimum Gasteiger partial charge on any atom is -0.306 e.